The van der Waals surface area contributed by atoms with Crippen molar-refractivity contribution in [2.75, 3.05) is 40.3 Å². The molecule has 0 bridgehead atoms. The first kappa shape index (κ1) is 25.1. The fraction of sp³-hybridized carbons (Fsp3) is 0.600. The van der Waals surface area contributed by atoms with Gasteiger partial charge in [0.1, 0.15) is 23.7 Å². The lowest BCUT2D eigenvalue weighted by Gasteiger charge is -2.30. The van der Waals surface area contributed by atoms with Crippen LogP contribution in [0, 0.1) is 27.7 Å². The maximum Gasteiger partial charge on any atom is 0.125 e. The molecular weight excluding hydrogens is 420 g/mol. The van der Waals surface area contributed by atoms with Crippen molar-refractivity contribution in [3.05, 3.63) is 57.6 Å². The van der Waals surface area contributed by atoms with E-state index < -0.39 is 0 Å². The molecule has 0 atom stereocenters. The number of rotatable bonds is 7. The molecule has 2 fully saturated rings. The molecule has 2 aliphatic rings. The molecule has 0 unspecified atom stereocenters. The van der Waals surface area contributed by atoms with Gasteiger partial charge in [0, 0.05) is 26.2 Å². The van der Waals surface area contributed by atoms with Crippen LogP contribution in [0.3, 0.4) is 0 Å². The lowest BCUT2D eigenvalue weighted by molar-refractivity contribution is 0.113. The zero-order valence-corrected chi connectivity index (χ0v) is 22.2. The number of piperidine rings is 2. The molecule has 2 saturated heterocycles. The molecule has 0 saturated carbocycles. The minimum Gasteiger partial charge on any atom is -0.490 e. The predicted octanol–water partition coefficient (Wildman–Crippen LogP) is 5.65. The van der Waals surface area contributed by atoms with Gasteiger partial charge in [-0.3, -0.25) is 0 Å². The molecule has 4 rings (SSSR count). The van der Waals surface area contributed by atoms with Gasteiger partial charge in [-0.1, -0.05) is 24.3 Å². The molecule has 0 radical (unpaired) electrons. The highest BCUT2D eigenvalue weighted by molar-refractivity contribution is 5.45. The van der Waals surface area contributed by atoms with Crippen LogP contribution in [0.5, 0.6) is 11.5 Å². The Morgan fingerprint density at radius 3 is 1.18 bits per heavy atom. The zero-order chi connectivity index (χ0) is 24.2. The predicted molar refractivity (Wildman–Crippen MR) is 142 cm³/mol. The summed E-state index contributed by atoms with van der Waals surface area (Å²) < 4.78 is 12.9. The van der Waals surface area contributed by atoms with Gasteiger partial charge in [0.15, 0.2) is 0 Å². The molecule has 2 heterocycles. The van der Waals surface area contributed by atoms with Crippen molar-refractivity contribution in [1.29, 1.82) is 0 Å². The van der Waals surface area contributed by atoms with E-state index in [1.165, 1.54) is 33.4 Å². The molecule has 0 spiro atoms. The first-order valence-corrected chi connectivity index (χ1v) is 13.2. The largest absolute Gasteiger partial charge is 0.490 e. The van der Waals surface area contributed by atoms with Crippen molar-refractivity contribution >= 4 is 0 Å². The topological polar surface area (TPSA) is 24.9 Å². The maximum absolute atomic E-state index is 6.45. The SMILES string of the molecule is Cc1cc(CCc2cc(C)c(OC3CCN(C)CC3)c(C)c2)cc(C)c1OC1CCN(C)CC1. The van der Waals surface area contributed by atoms with Crippen LogP contribution in [0.25, 0.3) is 0 Å². The average molecular weight is 465 g/mol. The van der Waals surface area contributed by atoms with E-state index in [-0.39, 0.29) is 0 Å². The molecule has 4 nitrogen and oxygen atoms in total. The average Bonchev–Trinajstić information content (AvgIpc) is 2.80. The quantitative estimate of drug-likeness (QED) is 0.528. The van der Waals surface area contributed by atoms with Crippen LogP contribution in [0.4, 0.5) is 0 Å². The summed E-state index contributed by atoms with van der Waals surface area (Å²) in [6.45, 7) is 13.3. The molecule has 2 aromatic carbocycles. The third kappa shape index (κ3) is 6.34. The van der Waals surface area contributed by atoms with Crippen LogP contribution in [0.1, 0.15) is 59.1 Å². The van der Waals surface area contributed by atoms with Gasteiger partial charge < -0.3 is 19.3 Å². The summed E-state index contributed by atoms with van der Waals surface area (Å²) in [7, 11) is 4.39. The summed E-state index contributed by atoms with van der Waals surface area (Å²) in [6.07, 6.45) is 7.26. The van der Waals surface area contributed by atoms with E-state index in [1.54, 1.807) is 0 Å². The van der Waals surface area contributed by atoms with Gasteiger partial charge in [-0.25, -0.2) is 0 Å². The van der Waals surface area contributed by atoms with Crippen molar-refractivity contribution < 1.29 is 9.47 Å². The Morgan fingerprint density at radius 1 is 0.588 bits per heavy atom. The molecule has 0 N–H and O–H groups in total. The number of likely N-dealkylation sites (tertiary alicyclic amines) is 2. The highest BCUT2D eigenvalue weighted by atomic mass is 16.5. The van der Waals surface area contributed by atoms with E-state index in [0.29, 0.717) is 12.2 Å². The smallest absolute Gasteiger partial charge is 0.125 e. The van der Waals surface area contributed by atoms with Gasteiger partial charge in [-0.15, -0.1) is 0 Å². The highest BCUT2D eigenvalue weighted by Crippen LogP contribution is 2.30. The summed E-state index contributed by atoms with van der Waals surface area (Å²) in [6, 6.07) is 9.31. The first-order valence-electron chi connectivity index (χ1n) is 13.2. The van der Waals surface area contributed by atoms with E-state index in [1.807, 2.05) is 0 Å². The molecule has 34 heavy (non-hydrogen) atoms. The van der Waals surface area contributed by atoms with Gasteiger partial charge in [0.25, 0.3) is 0 Å². The second-order valence-electron chi connectivity index (χ2n) is 10.9. The van der Waals surface area contributed by atoms with Gasteiger partial charge >= 0.3 is 0 Å². The van der Waals surface area contributed by atoms with Crippen molar-refractivity contribution in [1.82, 2.24) is 9.80 Å². The summed E-state index contributed by atoms with van der Waals surface area (Å²) in [5.74, 6) is 2.20. The molecule has 0 aliphatic carbocycles. The normalized spacial score (nSPS) is 18.9. The van der Waals surface area contributed by atoms with E-state index >= 15 is 0 Å². The summed E-state index contributed by atoms with van der Waals surface area (Å²) in [5, 5.41) is 0. The van der Waals surface area contributed by atoms with Gasteiger partial charge in [0.05, 0.1) is 0 Å². The standard InChI is InChI=1S/C30H44N2O2/c1-21-17-25(18-22(2)29(21)33-27-9-13-31(5)14-10-27)7-8-26-19-23(3)30(24(4)20-26)34-28-11-15-32(6)16-12-28/h17-20,27-28H,7-16H2,1-6H3. The summed E-state index contributed by atoms with van der Waals surface area (Å²) >= 11 is 0. The lowest BCUT2D eigenvalue weighted by Crippen LogP contribution is -2.35. The number of ether oxygens (including phenoxy) is 2. The van der Waals surface area contributed by atoms with Gasteiger partial charge in [-0.2, -0.15) is 0 Å². The third-order valence-corrected chi connectivity index (χ3v) is 7.64. The minimum atomic E-state index is 0.348. The Labute approximate surface area is 207 Å². The van der Waals surface area contributed by atoms with Crippen LogP contribution in [0.2, 0.25) is 0 Å². The fourth-order valence-corrected chi connectivity index (χ4v) is 5.57. The number of nitrogens with zero attached hydrogens (tertiary/aromatic N) is 2. The maximum atomic E-state index is 6.45. The molecular formula is C30H44N2O2. The van der Waals surface area contributed by atoms with Crippen molar-refractivity contribution in [3.8, 4) is 11.5 Å². The van der Waals surface area contributed by atoms with Crippen molar-refractivity contribution in [2.24, 2.45) is 0 Å². The number of benzene rings is 2. The summed E-state index contributed by atoms with van der Waals surface area (Å²) in [4.78, 5) is 4.78. The Morgan fingerprint density at radius 2 is 0.882 bits per heavy atom. The van der Waals surface area contributed by atoms with Crippen molar-refractivity contribution in [2.45, 2.75) is 78.4 Å². The van der Waals surface area contributed by atoms with Crippen LogP contribution in [-0.4, -0.2) is 62.3 Å². The first-order chi connectivity index (χ1) is 16.3. The number of hydrogen-bond donors (Lipinski definition) is 0. The molecule has 186 valence electrons. The van der Waals surface area contributed by atoms with E-state index in [0.717, 1.165) is 76.2 Å². The Hall–Kier alpha value is -2.04. The van der Waals surface area contributed by atoms with Gasteiger partial charge in [-0.05, 0) is 114 Å². The Balaban J connectivity index is 1.37. The molecule has 2 aliphatic heterocycles. The third-order valence-electron chi connectivity index (χ3n) is 7.64. The van der Waals surface area contributed by atoms with E-state index in [2.05, 4.69) is 75.9 Å². The molecule has 4 heteroatoms. The van der Waals surface area contributed by atoms with Crippen LogP contribution >= 0.6 is 0 Å². The molecule has 0 aromatic heterocycles. The summed E-state index contributed by atoms with van der Waals surface area (Å²) in [5.41, 5.74) is 7.86. The minimum absolute atomic E-state index is 0.348. The van der Waals surface area contributed by atoms with Crippen molar-refractivity contribution in [3.63, 3.8) is 0 Å². The lowest BCUT2D eigenvalue weighted by atomic mass is 9.97. The second kappa shape index (κ2) is 11.1. The highest BCUT2D eigenvalue weighted by Gasteiger charge is 2.21. The van der Waals surface area contributed by atoms with E-state index in [9.17, 15) is 0 Å². The van der Waals surface area contributed by atoms with Gasteiger partial charge in [0.2, 0.25) is 0 Å². The fourth-order valence-electron chi connectivity index (χ4n) is 5.57. The Bertz CT molecular complexity index is 844. The monoisotopic (exact) mass is 464 g/mol. The number of hydrogen-bond acceptors (Lipinski definition) is 4. The van der Waals surface area contributed by atoms with Crippen LogP contribution in [-0.2, 0) is 12.8 Å². The van der Waals surface area contributed by atoms with Crippen LogP contribution < -0.4 is 9.47 Å². The molecule has 2 aromatic rings. The second-order valence-corrected chi connectivity index (χ2v) is 10.9. The zero-order valence-electron chi connectivity index (χ0n) is 22.2. The Kier molecular flexibility index (Phi) is 8.21. The van der Waals surface area contributed by atoms with Crippen LogP contribution in [0.15, 0.2) is 24.3 Å². The number of aryl methyl sites for hydroxylation is 6. The molecule has 0 amide bonds. The van der Waals surface area contributed by atoms with E-state index in [4.69, 9.17) is 9.47 Å².